The standard InChI is InChI=1S/C15H12F6O2/c16-14(17,18)10-2-8(3-11(6-10)15(19,20)21)1-9-4-12(22)7-13(23)5-9/h2-3,6,9H,1,4-5,7H2. The number of Topliss-reactive ketones (excluding diaryl/α,β-unsaturated/α-hetero) is 2. The Kier molecular flexibility index (Phi) is 4.54. The van der Waals surface area contributed by atoms with Gasteiger partial charge in [-0.05, 0) is 36.1 Å². The van der Waals surface area contributed by atoms with Crippen LogP contribution >= 0.6 is 0 Å². The molecule has 2 nitrogen and oxygen atoms in total. The Bertz CT molecular complexity index is 582. The van der Waals surface area contributed by atoms with E-state index in [-0.39, 0.29) is 48.9 Å². The van der Waals surface area contributed by atoms with Gasteiger partial charge in [0.15, 0.2) is 0 Å². The highest BCUT2D eigenvalue weighted by Gasteiger charge is 2.37. The van der Waals surface area contributed by atoms with Gasteiger partial charge < -0.3 is 0 Å². The quantitative estimate of drug-likeness (QED) is 0.598. The molecule has 0 heterocycles. The van der Waals surface area contributed by atoms with Crippen LogP contribution in [0.3, 0.4) is 0 Å². The van der Waals surface area contributed by atoms with Crippen molar-refractivity contribution < 1.29 is 35.9 Å². The van der Waals surface area contributed by atoms with Crippen molar-refractivity contribution in [1.29, 1.82) is 0 Å². The Morgan fingerprint density at radius 3 is 1.65 bits per heavy atom. The fourth-order valence-electron chi connectivity index (χ4n) is 2.70. The van der Waals surface area contributed by atoms with E-state index in [1.54, 1.807) is 0 Å². The highest BCUT2D eigenvalue weighted by molar-refractivity contribution is 6.01. The molecule has 0 N–H and O–H groups in total. The largest absolute Gasteiger partial charge is 0.416 e. The normalized spacial score (nSPS) is 17.7. The molecule has 1 fully saturated rings. The van der Waals surface area contributed by atoms with Crippen LogP contribution in [0.15, 0.2) is 18.2 Å². The van der Waals surface area contributed by atoms with E-state index >= 15 is 0 Å². The second kappa shape index (κ2) is 5.98. The molecule has 8 heteroatoms. The van der Waals surface area contributed by atoms with E-state index < -0.39 is 29.4 Å². The van der Waals surface area contributed by atoms with E-state index in [0.29, 0.717) is 12.1 Å². The lowest BCUT2D eigenvalue weighted by Gasteiger charge is -2.21. The Labute approximate surface area is 127 Å². The lowest BCUT2D eigenvalue weighted by Crippen LogP contribution is -2.24. The van der Waals surface area contributed by atoms with Gasteiger partial charge in [0.25, 0.3) is 0 Å². The maximum Gasteiger partial charge on any atom is 0.416 e. The first-order valence-electron chi connectivity index (χ1n) is 6.77. The monoisotopic (exact) mass is 338 g/mol. The molecule has 0 spiro atoms. The zero-order chi connectivity index (χ0) is 17.4. The topological polar surface area (TPSA) is 34.1 Å². The van der Waals surface area contributed by atoms with E-state index in [0.717, 1.165) is 0 Å². The lowest BCUT2D eigenvalue weighted by atomic mass is 9.83. The van der Waals surface area contributed by atoms with Gasteiger partial charge in [0.05, 0.1) is 17.5 Å². The molecule has 2 rings (SSSR count). The zero-order valence-electron chi connectivity index (χ0n) is 11.7. The van der Waals surface area contributed by atoms with Gasteiger partial charge >= 0.3 is 12.4 Å². The summed E-state index contributed by atoms with van der Waals surface area (Å²) in [6, 6.07) is 1.33. The van der Waals surface area contributed by atoms with E-state index in [2.05, 4.69) is 0 Å². The third-order valence-electron chi connectivity index (χ3n) is 3.60. The second-order valence-corrected chi connectivity index (χ2v) is 5.65. The summed E-state index contributed by atoms with van der Waals surface area (Å²) in [5.74, 6) is -1.24. The molecule has 126 valence electrons. The van der Waals surface area contributed by atoms with Crippen molar-refractivity contribution in [2.45, 2.75) is 38.0 Å². The SMILES string of the molecule is O=C1CC(=O)CC(Cc2cc(C(F)(F)F)cc(C(F)(F)F)c2)C1. The summed E-state index contributed by atoms with van der Waals surface area (Å²) in [6.07, 6.45) is -10.2. The molecule has 0 unspecified atom stereocenters. The number of ketones is 2. The lowest BCUT2D eigenvalue weighted by molar-refractivity contribution is -0.143. The minimum atomic E-state index is -4.91. The molecule has 1 aliphatic carbocycles. The van der Waals surface area contributed by atoms with Gasteiger partial charge in [0.1, 0.15) is 11.6 Å². The Morgan fingerprint density at radius 1 is 0.826 bits per heavy atom. The molecule has 0 aromatic heterocycles. The molecule has 23 heavy (non-hydrogen) atoms. The van der Waals surface area contributed by atoms with Crippen molar-refractivity contribution in [3.05, 3.63) is 34.9 Å². The predicted octanol–water partition coefficient (Wildman–Crippen LogP) is 4.21. The number of rotatable bonds is 2. The van der Waals surface area contributed by atoms with Crippen molar-refractivity contribution in [2.24, 2.45) is 5.92 Å². The summed E-state index contributed by atoms with van der Waals surface area (Å²) in [7, 11) is 0. The molecular formula is C15H12F6O2. The number of hydrogen-bond acceptors (Lipinski definition) is 2. The number of carbonyl (C=O) groups is 2. The van der Waals surface area contributed by atoms with Crippen molar-refractivity contribution >= 4 is 11.6 Å². The molecule has 0 bridgehead atoms. The Balaban J connectivity index is 2.34. The Hall–Kier alpha value is -1.86. The highest BCUT2D eigenvalue weighted by Crippen LogP contribution is 2.37. The highest BCUT2D eigenvalue weighted by atomic mass is 19.4. The number of halogens is 6. The first-order valence-corrected chi connectivity index (χ1v) is 6.77. The van der Waals surface area contributed by atoms with Crippen LogP contribution in [0.25, 0.3) is 0 Å². The first-order chi connectivity index (χ1) is 10.4. The number of alkyl halides is 6. The summed E-state index contributed by atoms with van der Waals surface area (Å²) in [5, 5.41) is 0. The molecule has 0 amide bonds. The third kappa shape index (κ3) is 4.56. The first kappa shape index (κ1) is 17.5. The van der Waals surface area contributed by atoms with Crippen LogP contribution in [0, 0.1) is 5.92 Å². The van der Waals surface area contributed by atoms with Crippen LogP contribution < -0.4 is 0 Å². The average Bonchev–Trinajstić information content (AvgIpc) is 2.34. The number of carbonyl (C=O) groups excluding carboxylic acids is 2. The van der Waals surface area contributed by atoms with Crippen molar-refractivity contribution in [1.82, 2.24) is 0 Å². The molecule has 0 atom stereocenters. The van der Waals surface area contributed by atoms with Gasteiger partial charge in [0.2, 0.25) is 0 Å². The number of benzene rings is 1. The van der Waals surface area contributed by atoms with Crippen molar-refractivity contribution in [3.8, 4) is 0 Å². The maximum atomic E-state index is 12.8. The van der Waals surface area contributed by atoms with Crippen molar-refractivity contribution in [2.75, 3.05) is 0 Å². The summed E-state index contributed by atoms with van der Waals surface area (Å²) in [5.41, 5.74) is -2.97. The zero-order valence-corrected chi connectivity index (χ0v) is 11.7. The van der Waals surface area contributed by atoms with Crippen LogP contribution in [-0.2, 0) is 28.4 Å². The Morgan fingerprint density at radius 2 is 1.26 bits per heavy atom. The van der Waals surface area contributed by atoms with Gasteiger partial charge in [-0.15, -0.1) is 0 Å². The summed E-state index contributed by atoms with van der Waals surface area (Å²) in [6.45, 7) is 0. The molecule has 1 aromatic carbocycles. The van der Waals surface area contributed by atoms with E-state index in [1.807, 2.05) is 0 Å². The van der Waals surface area contributed by atoms with E-state index in [4.69, 9.17) is 0 Å². The fraction of sp³-hybridized carbons (Fsp3) is 0.467. The van der Waals surface area contributed by atoms with Crippen LogP contribution in [0.4, 0.5) is 26.3 Å². The van der Waals surface area contributed by atoms with Crippen LogP contribution in [-0.4, -0.2) is 11.6 Å². The average molecular weight is 338 g/mol. The summed E-state index contributed by atoms with van der Waals surface area (Å²) < 4.78 is 76.6. The van der Waals surface area contributed by atoms with E-state index in [9.17, 15) is 35.9 Å². The third-order valence-corrected chi connectivity index (χ3v) is 3.60. The fourth-order valence-corrected chi connectivity index (χ4v) is 2.70. The van der Waals surface area contributed by atoms with Gasteiger partial charge in [-0.3, -0.25) is 9.59 Å². The maximum absolute atomic E-state index is 12.8. The summed E-state index contributed by atoms with van der Waals surface area (Å²) >= 11 is 0. The molecule has 1 aromatic rings. The predicted molar refractivity (Wildman–Crippen MR) is 67.5 cm³/mol. The summed E-state index contributed by atoms with van der Waals surface area (Å²) in [4.78, 5) is 22.7. The minimum Gasteiger partial charge on any atom is -0.299 e. The molecule has 1 saturated carbocycles. The van der Waals surface area contributed by atoms with Gasteiger partial charge in [-0.25, -0.2) is 0 Å². The molecule has 0 saturated heterocycles. The minimum absolute atomic E-state index is 0.0106. The van der Waals surface area contributed by atoms with Crippen LogP contribution in [0.5, 0.6) is 0 Å². The van der Waals surface area contributed by atoms with Crippen molar-refractivity contribution in [3.63, 3.8) is 0 Å². The molecule has 0 aliphatic heterocycles. The second-order valence-electron chi connectivity index (χ2n) is 5.65. The molecule has 0 radical (unpaired) electrons. The van der Waals surface area contributed by atoms with Crippen LogP contribution in [0.1, 0.15) is 36.0 Å². The van der Waals surface area contributed by atoms with Gasteiger partial charge in [0, 0.05) is 12.8 Å². The number of hydrogen-bond donors (Lipinski definition) is 0. The van der Waals surface area contributed by atoms with Gasteiger partial charge in [-0.1, -0.05) is 0 Å². The van der Waals surface area contributed by atoms with E-state index in [1.165, 1.54) is 0 Å². The molecule has 1 aliphatic rings. The van der Waals surface area contributed by atoms with Gasteiger partial charge in [-0.2, -0.15) is 26.3 Å². The van der Waals surface area contributed by atoms with Crippen LogP contribution in [0.2, 0.25) is 0 Å². The smallest absolute Gasteiger partial charge is 0.299 e. The molecular weight excluding hydrogens is 326 g/mol.